The lowest BCUT2D eigenvalue weighted by Crippen LogP contribution is -2.31. The molecule has 0 saturated carbocycles. The molecule has 0 bridgehead atoms. The SMILES string of the molecule is CC(=O)OCCN(C)CCN(C)C. The summed E-state index contributed by atoms with van der Waals surface area (Å²) in [6.45, 7) is 4.73. The predicted molar refractivity (Wildman–Crippen MR) is 52.7 cm³/mol. The molecule has 4 heteroatoms. The highest BCUT2D eigenvalue weighted by Gasteiger charge is 1.99. The highest BCUT2D eigenvalue weighted by atomic mass is 16.5. The van der Waals surface area contributed by atoms with Gasteiger partial charge in [-0.3, -0.25) is 4.79 Å². The summed E-state index contributed by atoms with van der Waals surface area (Å²) >= 11 is 0. The lowest BCUT2D eigenvalue weighted by Gasteiger charge is -2.18. The Hall–Kier alpha value is -0.610. The molecule has 0 heterocycles. The fourth-order valence-corrected chi connectivity index (χ4v) is 0.828. The maximum atomic E-state index is 10.4. The van der Waals surface area contributed by atoms with E-state index in [2.05, 4.69) is 9.80 Å². The average Bonchev–Trinajstić information content (AvgIpc) is 2.00. The number of esters is 1. The van der Waals surface area contributed by atoms with Crippen LogP contribution in [0.2, 0.25) is 0 Å². The molecule has 0 unspecified atom stereocenters. The zero-order valence-corrected chi connectivity index (χ0v) is 9.04. The first-order chi connectivity index (χ1) is 6.02. The van der Waals surface area contributed by atoms with Gasteiger partial charge >= 0.3 is 5.97 Å². The van der Waals surface area contributed by atoms with Crippen molar-refractivity contribution < 1.29 is 9.53 Å². The molecule has 0 aromatic rings. The van der Waals surface area contributed by atoms with Gasteiger partial charge in [0.15, 0.2) is 0 Å². The summed E-state index contributed by atoms with van der Waals surface area (Å²) in [5, 5.41) is 0. The molecule has 0 spiro atoms. The molecular weight excluding hydrogens is 168 g/mol. The average molecular weight is 188 g/mol. The minimum atomic E-state index is -0.207. The van der Waals surface area contributed by atoms with E-state index in [9.17, 15) is 4.79 Å². The Bertz CT molecular complexity index is 149. The van der Waals surface area contributed by atoms with E-state index in [1.807, 2.05) is 21.1 Å². The molecule has 4 nitrogen and oxygen atoms in total. The number of hydrogen-bond acceptors (Lipinski definition) is 4. The lowest BCUT2D eigenvalue weighted by molar-refractivity contribution is -0.141. The minimum absolute atomic E-state index is 0.207. The zero-order valence-electron chi connectivity index (χ0n) is 9.04. The molecular formula is C9H20N2O2. The topological polar surface area (TPSA) is 32.8 Å². The Labute approximate surface area is 80.5 Å². The molecule has 0 aliphatic carbocycles. The van der Waals surface area contributed by atoms with Gasteiger partial charge in [-0.2, -0.15) is 0 Å². The molecule has 0 aromatic heterocycles. The molecule has 0 amide bonds. The second kappa shape index (κ2) is 6.86. The summed E-state index contributed by atoms with van der Waals surface area (Å²) in [6, 6.07) is 0. The van der Waals surface area contributed by atoms with E-state index in [4.69, 9.17) is 4.74 Å². The summed E-state index contributed by atoms with van der Waals surface area (Å²) in [4.78, 5) is 14.7. The van der Waals surface area contributed by atoms with E-state index >= 15 is 0 Å². The first-order valence-corrected chi connectivity index (χ1v) is 4.49. The fourth-order valence-electron chi connectivity index (χ4n) is 0.828. The van der Waals surface area contributed by atoms with Gasteiger partial charge in [0.05, 0.1) is 0 Å². The third kappa shape index (κ3) is 9.30. The van der Waals surface area contributed by atoms with Crippen molar-refractivity contribution in [2.45, 2.75) is 6.92 Å². The summed E-state index contributed by atoms with van der Waals surface area (Å²) in [5.74, 6) is -0.207. The van der Waals surface area contributed by atoms with E-state index in [1.165, 1.54) is 6.92 Å². The van der Waals surface area contributed by atoms with Crippen LogP contribution in [0.15, 0.2) is 0 Å². The first-order valence-electron chi connectivity index (χ1n) is 4.49. The molecule has 0 aliphatic rings. The van der Waals surface area contributed by atoms with Gasteiger partial charge in [0.2, 0.25) is 0 Å². The van der Waals surface area contributed by atoms with Gasteiger partial charge in [-0.05, 0) is 21.1 Å². The van der Waals surface area contributed by atoms with Crippen LogP contribution in [0.4, 0.5) is 0 Å². The third-order valence-corrected chi connectivity index (χ3v) is 1.71. The second-order valence-electron chi connectivity index (χ2n) is 3.45. The van der Waals surface area contributed by atoms with Crippen LogP contribution in [0.25, 0.3) is 0 Å². The molecule has 0 N–H and O–H groups in total. The van der Waals surface area contributed by atoms with Crippen molar-refractivity contribution in [1.82, 2.24) is 9.80 Å². The Morgan fingerprint density at radius 3 is 2.23 bits per heavy atom. The molecule has 0 aromatic carbocycles. The summed E-state index contributed by atoms with van der Waals surface area (Å²) < 4.78 is 4.83. The number of carbonyl (C=O) groups excluding carboxylic acids is 1. The number of carbonyl (C=O) groups is 1. The van der Waals surface area contributed by atoms with Gasteiger partial charge in [-0.15, -0.1) is 0 Å². The molecule has 0 radical (unpaired) electrons. The Morgan fingerprint density at radius 2 is 1.77 bits per heavy atom. The quantitative estimate of drug-likeness (QED) is 0.551. The van der Waals surface area contributed by atoms with Crippen LogP contribution in [0.5, 0.6) is 0 Å². The predicted octanol–water partition coefficient (Wildman–Crippen LogP) is 0.0429. The van der Waals surface area contributed by atoms with Gasteiger partial charge in [0.1, 0.15) is 6.61 Å². The summed E-state index contributed by atoms with van der Waals surface area (Å²) in [7, 11) is 6.10. The van der Waals surface area contributed by atoms with Gasteiger partial charge in [-0.1, -0.05) is 0 Å². The molecule has 0 fully saturated rings. The first kappa shape index (κ1) is 12.4. The van der Waals surface area contributed by atoms with Gasteiger partial charge in [0, 0.05) is 26.6 Å². The van der Waals surface area contributed by atoms with Crippen molar-refractivity contribution in [1.29, 1.82) is 0 Å². The third-order valence-electron chi connectivity index (χ3n) is 1.71. The number of rotatable bonds is 6. The number of hydrogen-bond donors (Lipinski definition) is 0. The molecule has 0 rings (SSSR count). The summed E-state index contributed by atoms with van der Waals surface area (Å²) in [6.07, 6.45) is 0. The minimum Gasteiger partial charge on any atom is -0.465 e. The standard InChI is InChI=1S/C9H20N2O2/c1-9(12)13-8-7-11(4)6-5-10(2)3/h5-8H2,1-4H3. The van der Waals surface area contributed by atoms with Crippen LogP contribution < -0.4 is 0 Å². The molecule has 0 aliphatic heterocycles. The van der Waals surface area contributed by atoms with E-state index in [-0.39, 0.29) is 5.97 Å². The van der Waals surface area contributed by atoms with Crippen LogP contribution >= 0.6 is 0 Å². The Balaban J connectivity index is 3.29. The van der Waals surface area contributed by atoms with Crippen LogP contribution in [0.3, 0.4) is 0 Å². The van der Waals surface area contributed by atoms with E-state index < -0.39 is 0 Å². The second-order valence-corrected chi connectivity index (χ2v) is 3.45. The van der Waals surface area contributed by atoms with Crippen molar-refractivity contribution in [3.8, 4) is 0 Å². The number of nitrogens with zero attached hydrogens (tertiary/aromatic N) is 2. The van der Waals surface area contributed by atoms with E-state index in [0.29, 0.717) is 6.61 Å². The maximum absolute atomic E-state index is 10.4. The Kier molecular flexibility index (Phi) is 6.54. The van der Waals surface area contributed by atoms with Gasteiger partial charge in [-0.25, -0.2) is 0 Å². The van der Waals surface area contributed by atoms with Crippen LogP contribution in [0.1, 0.15) is 6.92 Å². The summed E-state index contributed by atoms with van der Waals surface area (Å²) in [5.41, 5.74) is 0. The van der Waals surface area contributed by atoms with Crippen molar-refractivity contribution in [2.75, 3.05) is 47.4 Å². The monoisotopic (exact) mass is 188 g/mol. The van der Waals surface area contributed by atoms with Crippen molar-refractivity contribution in [3.05, 3.63) is 0 Å². The highest BCUT2D eigenvalue weighted by Crippen LogP contribution is 1.85. The zero-order chi connectivity index (χ0) is 10.3. The molecule has 13 heavy (non-hydrogen) atoms. The largest absolute Gasteiger partial charge is 0.465 e. The number of ether oxygens (including phenoxy) is 1. The Morgan fingerprint density at radius 1 is 1.15 bits per heavy atom. The van der Waals surface area contributed by atoms with Crippen LogP contribution in [0, 0.1) is 0 Å². The maximum Gasteiger partial charge on any atom is 0.302 e. The molecule has 0 saturated heterocycles. The van der Waals surface area contributed by atoms with Gasteiger partial charge < -0.3 is 14.5 Å². The van der Waals surface area contributed by atoms with Crippen LogP contribution in [-0.2, 0) is 9.53 Å². The number of likely N-dealkylation sites (N-methyl/N-ethyl adjacent to an activating group) is 2. The fraction of sp³-hybridized carbons (Fsp3) is 0.889. The van der Waals surface area contributed by atoms with E-state index in [1.54, 1.807) is 0 Å². The van der Waals surface area contributed by atoms with E-state index in [0.717, 1.165) is 19.6 Å². The van der Waals surface area contributed by atoms with Gasteiger partial charge in [0.25, 0.3) is 0 Å². The van der Waals surface area contributed by atoms with Crippen molar-refractivity contribution in [3.63, 3.8) is 0 Å². The smallest absolute Gasteiger partial charge is 0.302 e. The van der Waals surface area contributed by atoms with Crippen LogP contribution in [-0.4, -0.2) is 63.2 Å². The highest BCUT2D eigenvalue weighted by molar-refractivity contribution is 5.65. The molecule has 0 atom stereocenters. The normalized spacial score (nSPS) is 10.9. The van der Waals surface area contributed by atoms with Crippen molar-refractivity contribution >= 4 is 5.97 Å². The lowest BCUT2D eigenvalue weighted by atomic mass is 10.5. The molecule has 78 valence electrons. The van der Waals surface area contributed by atoms with Crippen molar-refractivity contribution in [2.24, 2.45) is 0 Å².